The van der Waals surface area contributed by atoms with Crippen LogP contribution in [0.2, 0.25) is 0 Å². The molecule has 1 aromatic carbocycles. The number of hydrogen-bond acceptors (Lipinski definition) is 1. The molecule has 0 heterocycles. The first kappa shape index (κ1) is 12.8. The molecule has 6 heteroatoms. The minimum absolute atomic E-state index is 0.170. The van der Waals surface area contributed by atoms with E-state index in [2.05, 4.69) is 4.99 Å². The van der Waals surface area contributed by atoms with E-state index in [1.807, 2.05) is 0 Å². The van der Waals surface area contributed by atoms with Gasteiger partial charge in [-0.1, -0.05) is 0 Å². The number of hydrogen-bond donors (Lipinski definition) is 2. The van der Waals surface area contributed by atoms with Crippen molar-refractivity contribution >= 4 is 17.9 Å². The van der Waals surface area contributed by atoms with Gasteiger partial charge in [0.1, 0.15) is 11.6 Å². The van der Waals surface area contributed by atoms with Gasteiger partial charge in [-0.05, 0) is 30.7 Å². The first-order valence-corrected chi connectivity index (χ1v) is 4.67. The van der Waals surface area contributed by atoms with Crippen molar-refractivity contribution in [3.05, 3.63) is 41.0 Å². The molecule has 4 N–H and O–H groups in total. The molecule has 0 saturated carbocycles. The van der Waals surface area contributed by atoms with Gasteiger partial charge >= 0.3 is 0 Å². The highest BCUT2D eigenvalue weighted by molar-refractivity contribution is 6.03. The normalized spacial score (nSPS) is 11.1. The van der Waals surface area contributed by atoms with Gasteiger partial charge in [0.15, 0.2) is 5.96 Å². The van der Waals surface area contributed by atoms with Gasteiger partial charge in [0, 0.05) is 11.6 Å². The Bertz CT molecular complexity index is 485. The van der Waals surface area contributed by atoms with E-state index in [1.165, 1.54) is 13.0 Å². The Kier molecular flexibility index (Phi) is 3.92. The number of benzene rings is 1. The second-order valence-electron chi connectivity index (χ2n) is 3.37. The molecule has 0 fully saturated rings. The Labute approximate surface area is 96.6 Å². The maximum atomic E-state index is 12.9. The molecule has 0 aliphatic heterocycles. The smallest absolute Gasteiger partial charge is 0.275 e. The second kappa shape index (κ2) is 5.20. The molecule has 0 aliphatic carbocycles. The number of amides is 1. The minimum atomic E-state index is -0.724. The van der Waals surface area contributed by atoms with Gasteiger partial charge in [0.05, 0.1) is 0 Å². The van der Waals surface area contributed by atoms with Crippen LogP contribution in [0.5, 0.6) is 0 Å². The van der Waals surface area contributed by atoms with Gasteiger partial charge in [-0.15, -0.1) is 0 Å². The monoisotopic (exact) mass is 239 g/mol. The van der Waals surface area contributed by atoms with E-state index in [1.54, 1.807) is 0 Å². The van der Waals surface area contributed by atoms with Gasteiger partial charge in [0.25, 0.3) is 5.91 Å². The van der Waals surface area contributed by atoms with Crippen molar-refractivity contribution in [2.45, 2.75) is 6.92 Å². The zero-order valence-corrected chi connectivity index (χ0v) is 9.08. The summed E-state index contributed by atoms with van der Waals surface area (Å²) in [7, 11) is 0. The molecule has 0 radical (unpaired) electrons. The fourth-order valence-corrected chi connectivity index (χ4v) is 1.18. The average Bonchev–Trinajstić information content (AvgIpc) is 2.14. The molecule has 0 spiro atoms. The summed E-state index contributed by atoms with van der Waals surface area (Å²) < 4.78 is 25.7. The minimum Gasteiger partial charge on any atom is -0.370 e. The Morgan fingerprint density at radius 2 is 1.76 bits per heavy atom. The highest BCUT2D eigenvalue weighted by Gasteiger charge is 2.04. The van der Waals surface area contributed by atoms with Crippen LogP contribution in [-0.2, 0) is 4.79 Å². The summed E-state index contributed by atoms with van der Waals surface area (Å²) in [6.45, 7) is 1.44. The lowest BCUT2D eigenvalue weighted by Gasteiger charge is -1.98. The molecule has 1 aromatic rings. The Morgan fingerprint density at radius 1 is 1.24 bits per heavy atom. The van der Waals surface area contributed by atoms with E-state index in [9.17, 15) is 13.6 Å². The van der Waals surface area contributed by atoms with Crippen LogP contribution < -0.4 is 11.5 Å². The molecular weight excluding hydrogens is 228 g/mol. The van der Waals surface area contributed by atoms with Crippen molar-refractivity contribution < 1.29 is 13.6 Å². The van der Waals surface area contributed by atoms with Crippen LogP contribution in [-0.4, -0.2) is 11.9 Å². The quantitative estimate of drug-likeness (QED) is 0.461. The third-order valence-electron chi connectivity index (χ3n) is 1.84. The predicted molar refractivity (Wildman–Crippen MR) is 60.8 cm³/mol. The lowest BCUT2D eigenvalue weighted by molar-refractivity contribution is -0.114. The molecular formula is C11H11F2N3O. The molecule has 17 heavy (non-hydrogen) atoms. The average molecular weight is 239 g/mol. The van der Waals surface area contributed by atoms with E-state index < -0.39 is 17.5 Å². The van der Waals surface area contributed by atoms with Crippen LogP contribution in [0.15, 0.2) is 28.8 Å². The zero-order valence-electron chi connectivity index (χ0n) is 9.08. The largest absolute Gasteiger partial charge is 0.370 e. The summed E-state index contributed by atoms with van der Waals surface area (Å²) in [5.74, 6) is -2.47. The van der Waals surface area contributed by atoms with Crippen LogP contribution in [0.3, 0.4) is 0 Å². The van der Waals surface area contributed by atoms with Crippen molar-refractivity contribution in [3.63, 3.8) is 0 Å². The fraction of sp³-hybridized carbons (Fsp3) is 0.0909. The van der Waals surface area contributed by atoms with E-state index in [0.717, 1.165) is 18.2 Å². The highest BCUT2D eigenvalue weighted by atomic mass is 19.1. The Morgan fingerprint density at radius 3 is 2.24 bits per heavy atom. The topological polar surface area (TPSA) is 81.5 Å². The second-order valence-corrected chi connectivity index (χ2v) is 3.37. The number of carbonyl (C=O) groups is 1. The number of nitrogens with two attached hydrogens (primary N) is 2. The maximum absolute atomic E-state index is 12.9. The maximum Gasteiger partial charge on any atom is 0.275 e. The van der Waals surface area contributed by atoms with E-state index in [4.69, 9.17) is 11.5 Å². The zero-order chi connectivity index (χ0) is 13.0. The number of carbonyl (C=O) groups excluding carboxylic acids is 1. The number of aliphatic imine (C=N–C) groups is 1. The molecule has 0 saturated heterocycles. The molecule has 0 atom stereocenters. The van der Waals surface area contributed by atoms with Crippen molar-refractivity contribution in [2.24, 2.45) is 16.5 Å². The van der Waals surface area contributed by atoms with Gasteiger partial charge in [-0.3, -0.25) is 4.79 Å². The van der Waals surface area contributed by atoms with Crippen LogP contribution in [0.25, 0.3) is 6.08 Å². The molecule has 0 unspecified atom stereocenters. The van der Waals surface area contributed by atoms with Crippen molar-refractivity contribution in [1.29, 1.82) is 0 Å². The molecule has 0 aromatic heterocycles. The van der Waals surface area contributed by atoms with Crippen LogP contribution in [0.4, 0.5) is 8.78 Å². The van der Waals surface area contributed by atoms with Gasteiger partial charge in [-0.2, -0.15) is 4.99 Å². The predicted octanol–water partition coefficient (Wildman–Crippen LogP) is 1.17. The Hall–Kier alpha value is -2.24. The van der Waals surface area contributed by atoms with Gasteiger partial charge in [-0.25, -0.2) is 8.78 Å². The summed E-state index contributed by atoms with van der Waals surface area (Å²) in [5, 5.41) is 0. The molecule has 4 nitrogen and oxygen atoms in total. The standard InChI is InChI=1S/C11H11F2N3O/c1-6(10(17)16-11(14)15)2-7-3-8(12)5-9(13)4-7/h2-5H,1H3,(H4,14,15,16,17)/b6-2+. The third kappa shape index (κ3) is 4.02. The fourth-order valence-electron chi connectivity index (χ4n) is 1.18. The van der Waals surface area contributed by atoms with E-state index >= 15 is 0 Å². The summed E-state index contributed by atoms with van der Waals surface area (Å²) in [6, 6.07) is 2.93. The molecule has 0 aliphatic rings. The summed E-state index contributed by atoms with van der Waals surface area (Å²) in [6.07, 6.45) is 1.29. The lowest BCUT2D eigenvalue weighted by Crippen LogP contribution is -2.24. The van der Waals surface area contributed by atoms with E-state index in [-0.39, 0.29) is 17.1 Å². The van der Waals surface area contributed by atoms with E-state index in [0.29, 0.717) is 0 Å². The summed E-state index contributed by atoms with van der Waals surface area (Å²) in [4.78, 5) is 14.6. The SMILES string of the molecule is C/C(=C\c1cc(F)cc(F)c1)C(=O)N=C(N)N. The summed E-state index contributed by atoms with van der Waals surface area (Å²) in [5.41, 5.74) is 10.5. The van der Waals surface area contributed by atoms with Crippen LogP contribution >= 0.6 is 0 Å². The van der Waals surface area contributed by atoms with Crippen LogP contribution in [0.1, 0.15) is 12.5 Å². The third-order valence-corrected chi connectivity index (χ3v) is 1.84. The van der Waals surface area contributed by atoms with Gasteiger partial charge < -0.3 is 11.5 Å². The first-order chi connectivity index (χ1) is 7.88. The number of nitrogens with zero attached hydrogens (tertiary/aromatic N) is 1. The highest BCUT2D eigenvalue weighted by Crippen LogP contribution is 2.12. The van der Waals surface area contributed by atoms with Crippen molar-refractivity contribution in [1.82, 2.24) is 0 Å². The number of guanidine groups is 1. The molecule has 1 rings (SSSR count). The molecule has 0 bridgehead atoms. The van der Waals surface area contributed by atoms with Gasteiger partial charge in [0.2, 0.25) is 0 Å². The van der Waals surface area contributed by atoms with Crippen molar-refractivity contribution in [3.8, 4) is 0 Å². The van der Waals surface area contributed by atoms with Crippen molar-refractivity contribution in [2.75, 3.05) is 0 Å². The summed E-state index contributed by atoms with van der Waals surface area (Å²) >= 11 is 0. The lowest BCUT2D eigenvalue weighted by atomic mass is 10.1. The number of halogens is 2. The molecule has 1 amide bonds. The first-order valence-electron chi connectivity index (χ1n) is 4.67. The number of rotatable bonds is 2. The Balaban J connectivity index is 3.02. The van der Waals surface area contributed by atoms with Crippen LogP contribution in [0, 0.1) is 11.6 Å². The molecule has 90 valence electrons.